The van der Waals surface area contributed by atoms with Gasteiger partial charge in [-0.2, -0.15) is 5.26 Å². The summed E-state index contributed by atoms with van der Waals surface area (Å²) in [7, 11) is 1.14. The summed E-state index contributed by atoms with van der Waals surface area (Å²) in [5, 5.41) is 9.23. The van der Waals surface area contributed by atoms with E-state index >= 15 is 0 Å². The maximum atomic E-state index is 9.23. The van der Waals surface area contributed by atoms with Gasteiger partial charge in [0.25, 0.3) is 0 Å². The summed E-state index contributed by atoms with van der Waals surface area (Å²) in [6.45, 7) is 8.41. The molecule has 0 N–H and O–H groups in total. The fourth-order valence-electron chi connectivity index (χ4n) is 2.21. The van der Waals surface area contributed by atoms with Crippen LogP contribution < -0.4 is 5.46 Å². The van der Waals surface area contributed by atoms with Gasteiger partial charge in [0, 0.05) is 7.11 Å². The van der Waals surface area contributed by atoms with Crippen LogP contribution in [0.25, 0.3) is 0 Å². The molecule has 5 heteroatoms. The van der Waals surface area contributed by atoms with Crippen molar-refractivity contribution in [2.24, 2.45) is 0 Å². The van der Waals surface area contributed by atoms with Gasteiger partial charge < -0.3 is 14.0 Å². The highest BCUT2D eigenvalue weighted by Gasteiger charge is 2.52. The highest BCUT2D eigenvalue weighted by molar-refractivity contribution is 6.62. The number of methoxy groups -OCH3 is 1. The highest BCUT2D eigenvalue weighted by atomic mass is 16.7. The lowest BCUT2D eigenvalue weighted by Gasteiger charge is -2.32. The molecule has 0 atom stereocenters. The Labute approximate surface area is 120 Å². The Balaban J connectivity index is 2.43. The predicted molar refractivity (Wildman–Crippen MR) is 77.6 cm³/mol. The predicted octanol–water partition coefficient (Wildman–Crippen LogP) is 2.00. The molecule has 0 radical (unpaired) electrons. The van der Waals surface area contributed by atoms with E-state index in [4.69, 9.17) is 14.0 Å². The summed E-state index contributed by atoms with van der Waals surface area (Å²) in [5.41, 5.74) is 1.49. The molecule has 0 unspecified atom stereocenters. The standard InChI is InChI=1S/C15H20BNO3/c1-14(2)15(3,4)20-16(19-14)13-8-6-7-11(9-17)12(13)10-18-5/h6-8H,10H2,1-5H3. The SMILES string of the molecule is COCc1c(C#N)cccc1B1OC(C)(C)C(C)(C)O1. The van der Waals surface area contributed by atoms with Gasteiger partial charge in [-0.1, -0.05) is 12.1 Å². The van der Waals surface area contributed by atoms with Gasteiger partial charge in [-0.25, -0.2) is 0 Å². The quantitative estimate of drug-likeness (QED) is 0.790. The zero-order valence-electron chi connectivity index (χ0n) is 12.7. The Hall–Kier alpha value is -1.35. The number of nitrogens with zero attached hydrogens (tertiary/aromatic N) is 1. The molecular formula is C15H20BNO3. The third-order valence-corrected chi connectivity index (χ3v) is 4.13. The van der Waals surface area contributed by atoms with Crippen molar-refractivity contribution in [2.75, 3.05) is 7.11 Å². The van der Waals surface area contributed by atoms with E-state index in [0.29, 0.717) is 12.2 Å². The molecule has 0 saturated carbocycles. The van der Waals surface area contributed by atoms with Gasteiger partial charge in [0.1, 0.15) is 0 Å². The smallest absolute Gasteiger partial charge is 0.399 e. The molecule has 1 fully saturated rings. The van der Waals surface area contributed by atoms with Crippen LogP contribution >= 0.6 is 0 Å². The van der Waals surface area contributed by atoms with Crippen molar-refractivity contribution >= 4 is 12.6 Å². The van der Waals surface area contributed by atoms with Crippen molar-refractivity contribution < 1.29 is 14.0 Å². The second-order valence-electron chi connectivity index (χ2n) is 6.01. The van der Waals surface area contributed by atoms with Gasteiger partial charge in [-0.05, 0) is 44.8 Å². The molecule has 1 aromatic carbocycles. The Morgan fingerprint density at radius 1 is 1.20 bits per heavy atom. The van der Waals surface area contributed by atoms with E-state index in [1.54, 1.807) is 13.2 Å². The molecular weight excluding hydrogens is 253 g/mol. The second kappa shape index (κ2) is 5.21. The average molecular weight is 273 g/mol. The van der Waals surface area contributed by atoms with Crippen molar-refractivity contribution in [1.29, 1.82) is 5.26 Å². The minimum absolute atomic E-state index is 0.364. The topological polar surface area (TPSA) is 51.5 Å². The summed E-state index contributed by atoms with van der Waals surface area (Å²) in [5.74, 6) is 0. The molecule has 0 amide bonds. The lowest BCUT2D eigenvalue weighted by molar-refractivity contribution is 0.00578. The molecule has 2 rings (SSSR count). The van der Waals surface area contributed by atoms with Crippen LogP contribution in [-0.2, 0) is 20.7 Å². The fourth-order valence-corrected chi connectivity index (χ4v) is 2.21. The van der Waals surface area contributed by atoms with Crippen molar-refractivity contribution in [2.45, 2.75) is 45.5 Å². The maximum Gasteiger partial charge on any atom is 0.495 e. The zero-order chi connectivity index (χ0) is 15.0. The van der Waals surface area contributed by atoms with E-state index in [0.717, 1.165) is 11.0 Å². The minimum atomic E-state index is -0.474. The number of benzene rings is 1. The van der Waals surface area contributed by atoms with Crippen LogP contribution in [0.1, 0.15) is 38.8 Å². The first-order valence-electron chi connectivity index (χ1n) is 6.69. The second-order valence-corrected chi connectivity index (χ2v) is 6.01. The monoisotopic (exact) mass is 273 g/mol. The van der Waals surface area contributed by atoms with Crippen LogP contribution in [0, 0.1) is 11.3 Å². The van der Waals surface area contributed by atoms with Crippen LogP contribution in [0.5, 0.6) is 0 Å². The largest absolute Gasteiger partial charge is 0.495 e. The third-order valence-electron chi connectivity index (χ3n) is 4.13. The van der Waals surface area contributed by atoms with Crippen LogP contribution in [0.2, 0.25) is 0 Å². The Morgan fingerprint density at radius 2 is 1.80 bits per heavy atom. The molecule has 1 heterocycles. The molecule has 0 aliphatic carbocycles. The lowest BCUT2D eigenvalue weighted by Crippen LogP contribution is -2.41. The molecule has 0 bridgehead atoms. The Kier molecular flexibility index (Phi) is 3.92. The summed E-state index contributed by atoms with van der Waals surface area (Å²) in [6.07, 6.45) is 0. The first-order chi connectivity index (χ1) is 9.32. The Morgan fingerprint density at radius 3 is 2.30 bits per heavy atom. The average Bonchev–Trinajstić information content (AvgIpc) is 2.59. The van der Waals surface area contributed by atoms with Gasteiger partial charge in [0.05, 0.1) is 29.4 Å². The third kappa shape index (κ3) is 2.47. The number of ether oxygens (including phenoxy) is 1. The van der Waals surface area contributed by atoms with E-state index in [9.17, 15) is 5.26 Å². The van der Waals surface area contributed by atoms with E-state index in [1.165, 1.54) is 0 Å². The molecule has 20 heavy (non-hydrogen) atoms. The first kappa shape index (κ1) is 15.1. The van der Waals surface area contributed by atoms with Crippen LogP contribution in [0.15, 0.2) is 18.2 Å². The molecule has 1 aromatic rings. The zero-order valence-corrected chi connectivity index (χ0v) is 12.7. The molecule has 106 valence electrons. The van der Waals surface area contributed by atoms with Gasteiger partial charge >= 0.3 is 7.12 Å². The molecule has 0 aromatic heterocycles. The molecule has 4 nitrogen and oxygen atoms in total. The summed E-state index contributed by atoms with van der Waals surface area (Å²) >= 11 is 0. The van der Waals surface area contributed by atoms with Crippen molar-refractivity contribution in [1.82, 2.24) is 0 Å². The molecule has 1 saturated heterocycles. The summed E-state index contributed by atoms with van der Waals surface area (Å²) < 4.78 is 17.3. The van der Waals surface area contributed by atoms with Gasteiger partial charge in [-0.3, -0.25) is 0 Å². The van der Waals surface area contributed by atoms with Gasteiger partial charge in [0.15, 0.2) is 0 Å². The van der Waals surface area contributed by atoms with E-state index in [2.05, 4.69) is 6.07 Å². The van der Waals surface area contributed by atoms with Crippen molar-refractivity contribution in [3.63, 3.8) is 0 Å². The minimum Gasteiger partial charge on any atom is -0.399 e. The van der Waals surface area contributed by atoms with E-state index < -0.39 is 18.3 Å². The van der Waals surface area contributed by atoms with Crippen LogP contribution in [0.3, 0.4) is 0 Å². The summed E-state index contributed by atoms with van der Waals surface area (Å²) in [6, 6.07) is 7.75. The lowest BCUT2D eigenvalue weighted by atomic mass is 9.75. The fraction of sp³-hybridized carbons (Fsp3) is 0.533. The summed E-state index contributed by atoms with van der Waals surface area (Å²) in [4.78, 5) is 0. The van der Waals surface area contributed by atoms with Gasteiger partial charge in [0.2, 0.25) is 0 Å². The molecule has 0 spiro atoms. The Bertz CT molecular complexity index is 533. The van der Waals surface area contributed by atoms with E-state index in [1.807, 2.05) is 39.8 Å². The van der Waals surface area contributed by atoms with Gasteiger partial charge in [-0.15, -0.1) is 0 Å². The van der Waals surface area contributed by atoms with E-state index in [-0.39, 0.29) is 0 Å². The van der Waals surface area contributed by atoms with Crippen molar-refractivity contribution in [3.05, 3.63) is 29.3 Å². The molecule has 1 aliphatic heterocycles. The van der Waals surface area contributed by atoms with Crippen LogP contribution in [-0.4, -0.2) is 25.4 Å². The van der Waals surface area contributed by atoms with Crippen molar-refractivity contribution in [3.8, 4) is 6.07 Å². The van der Waals surface area contributed by atoms with Crippen LogP contribution in [0.4, 0.5) is 0 Å². The normalized spacial score (nSPS) is 19.9. The first-order valence-corrected chi connectivity index (χ1v) is 6.69. The number of hydrogen-bond donors (Lipinski definition) is 0. The number of nitriles is 1. The number of rotatable bonds is 3. The number of hydrogen-bond acceptors (Lipinski definition) is 4. The maximum absolute atomic E-state index is 9.23. The molecule has 1 aliphatic rings. The highest BCUT2D eigenvalue weighted by Crippen LogP contribution is 2.36.